The van der Waals surface area contributed by atoms with Crippen LogP contribution in [-0.2, 0) is 11.2 Å². The standard InChI is InChI=1S/C20H22N2O3/c1-13-5-6-14(2)18(9-13)22-20(23)16(12-21)10-15-11-17(24-3)7-8-19(15)25-4/h5-9,11,16H,10H2,1-4H3,(H,22,23)/t16-/m0/s1. The third kappa shape index (κ3) is 4.51. The first-order valence-electron chi connectivity index (χ1n) is 7.97. The summed E-state index contributed by atoms with van der Waals surface area (Å²) in [5.74, 6) is 0.116. The normalized spacial score (nSPS) is 11.3. The molecule has 130 valence electrons. The number of nitrogens with one attached hydrogen (secondary N) is 1. The SMILES string of the molecule is COc1ccc(OC)c(C[C@@H](C#N)C(=O)Nc2cc(C)ccc2C)c1. The van der Waals surface area contributed by atoms with E-state index < -0.39 is 5.92 Å². The second-order valence-electron chi connectivity index (χ2n) is 5.87. The number of hydrogen-bond acceptors (Lipinski definition) is 4. The molecule has 0 aromatic heterocycles. The van der Waals surface area contributed by atoms with Crippen LogP contribution in [0, 0.1) is 31.1 Å². The Kier molecular flexibility index (Phi) is 6.02. The molecule has 0 spiro atoms. The number of carbonyl (C=O) groups is 1. The molecule has 0 saturated carbocycles. The van der Waals surface area contributed by atoms with Gasteiger partial charge in [-0.25, -0.2) is 0 Å². The number of rotatable bonds is 6. The number of carbonyl (C=O) groups excluding carboxylic acids is 1. The fourth-order valence-corrected chi connectivity index (χ4v) is 2.55. The number of anilines is 1. The highest BCUT2D eigenvalue weighted by molar-refractivity contribution is 5.95. The number of nitriles is 1. The van der Waals surface area contributed by atoms with E-state index in [1.165, 1.54) is 0 Å². The molecule has 1 amide bonds. The Bertz CT molecular complexity index is 809. The van der Waals surface area contributed by atoms with Crippen molar-refractivity contribution < 1.29 is 14.3 Å². The van der Waals surface area contributed by atoms with Gasteiger partial charge >= 0.3 is 0 Å². The zero-order valence-electron chi connectivity index (χ0n) is 14.9. The summed E-state index contributed by atoms with van der Waals surface area (Å²) in [6, 6.07) is 13.2. The average Bonchev–Trinajstić information content (AvgIpc) is 2.62. The highest BCUT2D eigenvalue weighted by Crippen LogP contribution is 2.27. The van der Waals surface area contributed by atoms with Crippen molar-refractivity contribution >= 4 is 11.6 Å². The first-order valence-corrected chi connectivity index (χ1v) is 7.97. The van der Waals surface area contributed by atoms with Crippen LogP contribution < -0.4 is 14.8 Å². The predicted molar refractivity (Wildman–Crippen MR) is 96.9 cm³/mol. The Morgan fingerprint density at radius 3 is 2.56 bits per heavy atom. The molecule has 0 fully saturated rings. The van der Waals surface area contributed by atoms with E-state index in [-0.39, 0.29) is 12.3 Å². The summed E-state index contributed by atoms with van der Waals surface area (Å²) >= 11 is 0. The predicted octanol–water partition coefficient (Wildman–Crippen LogP) is 3.64. The van der Waals surface area contributed by atoms with Crippen LogP contribution in [0.15, 0.2) is 36.4 Å². The molecule has 5 heteroatoms. The molecule has 2 rings (SSSR count). The van der Waals surface area contributed by atoms with Gasteiger partial charge in [0, 0.05) is 12.1 Å². The van der Waals surface area contributed by atoms with Crippen LogP contribution in [0.5, 0.6) is 11.5 Å². The van der Waals surface area contributed by atoms with Crippen LogP contribution in [0.25, 0.3) is 0 Å². The number of amides is 1. The van der Waals surface area contributed by atoms with Gasteiger partial charge in [-0.05, 0) is 54.8 Å². The summed E-state index contributed by atoms with van der Waals surface area (Å²) < 4.78 is 10.5. The molecular weight excluding hydrogens is 316 g/mol. The van der Waals surface area contributed by atoms with Gasteiger partial charge in [0.15, 0.2) is 0 Å². The lowest BCUT2D eigenvalue weighted by molar-refractivity contribution is -0.118. The maximum atomic E-state index is 12.6. The second kappa shape index (κ2) is 8.20. The van der Waals surface area contributed by atoms with Gasteiger partial charge in [0.2, 0.25) is 5.91 Å². The zero-order valence-corrected chi connectivity index (χ0v) is 14.9. The highest BCUT2D eigenvalue weighted by atomic mass is 16.5. The lowest BCUT2D eigenvalue weighted by atomic mass is 9.98. The van der Waals surface area contributed by atoms with Crippen molar-refractivity contribution in [1.29, 1.82) is 5.26 Å². The second-order valence-corrected chi connectivity index (χ2v) is 5.87. The van der Waals surface area contributed by atoms with Gasteiger partial charge in [-0.2, -0.15) is 5.26 Å². The average molecular weight is 338 g/mol. The molecule has 0 aliphatic heterocycles. The Hall–Kier alpha value is -3.00. The van der Waals surface area contributed by atoms with Crippen LogP contribution in [0.2, 0.25) is 0 Å². The topological polar surface area (TPSA) is 71.3 Å². The monoisotopic (exact) mass is 338 g/mol. The van der Waals surface area contributed by atoms with Gasteiger partial charge in [-0.1, -0.05) is 12.1 Å². The largest absolute Gasteiger partial charge is 0.497 e. The first kappa shape index (κ1) is 18.3. The summed E-state index contributed by atoms with van der Waals surface area (Å²) in [7, 11) is 3.13. The van der Waals surface area contributed by atoms with Crippen LogP contribution in [0.4, 0.5) is 5.69 Å². The Morgan fingerprint density at radius 1 is 1.16 bits per heavy atom. The van der Waals surface area contributed by atoms with E-state index in [2.05, 4.69) is 11.4 Å². The minimum absolute atomic E-state index is 0.244. The van der Waals surface area contributed by atoms with Gasteiger partial charge in [0.25, 0.3) is 0 Å². The number of benzene rings is 2. The summed E-state index contributed by atoms with van der Waals surface area (Å²) in [6.07, 6.45) is 0.244. The van der Waals surface area contributed by atoms with Crippen molar-refractivity contribution in [1.82, 2.24) is 0 Å². The molecule has 0 saturated heterocycles. The van der Waals surface area contributed by atoms with Crippen molar-refractivity contribution in [3.8, 4) is 17.6 Å². The molecule has 0 radical (unpaired) electrons. The fourth-order valence-electron chi connectivity index (χ4n) is 2.55. The van der Waals surface area contributed by atoms with Gasteiger partial charge in [0.1, 0.15) is 17.4 Å². The quantitative estimate of drug-likeness (QED) is 0.873. The maximum absolute atomic E-state index is 12.6. The summed E-state index contributed by atoms with van der Waals surface area (Å²) in [4.78, 5) is 12.6. The van der Waals surface area contributed by atoms with Gasteiger partial charge < -0.3 is 14.8 Å². The smallest absolute Gasteiger partial charge is 0.242 e. The van der Waals surface area contributed by atoms with Crippen molar-refractivity contribution in [3.63, 3.8) is 0 Å². The number of nitrogens with zero attached hydrogens (tertiary/aromatic N) is 1. The molecule has 25 heavy (non-hydrogen) atoms. The van der Waals surface area contributed by atoms with Crippen molar-refractivity contribution in [2.75, 3.05) is 19.5 Å². The Balaban J connectivity index is 2.21. The van der Waals surface area contributed by atoms with Gasteiger partial charge in [-0.15, -0.1) is 0 Å². The first-order chi connectivity index (χ1) is 12.0. The third-order valence-corrected chi connectivity index (χ3v) is 4.03. The van der Waals surface area contributed by atoms with E-state index in [1.54, 1.807) is 32.4 Å². The van der Waals surface area contributed by atoms with E-state index in [1.807, 2.05) is 32.0 Å². The van der Waals surface area contributed by atoms with E-state index in [9.17, 15) is 10.1 Å². The molecular formula is C20H22N2O3. The highest BCUT2D eigenvalue weighted by Gasteiger charge is 2.21. The van der Waals surface area contributed by atoms with Crippen molar-refractivity contribution in [3.05, 3.63) is 53.1 Å². The minimum atomic E-state index is -0.832. The number of aryl methyl sites for hydroxylation is 2. The lowest BCUT2D eigenvalue weighted by Gasteiger charge is -2.15. The summed E-state index contributed by atoms with van der Waals surface area (Å²) in [5, 5.41) is 12.3. The number of methoxy groups -OCH3 is 2. The molecule has 1 N–H and O–H groups in total. The molecule has 2 aromatic rings. The Labute approximate surface area is 148 Å². The number of hydrogen-bond donors (Lipinski definition) is 1. The van der Waals surface area contributed by atoms with E-state index in [0.717, 1.165) is 22.4 Å². The zero-order chi connectivity index (χ0) is 18.4. The lowest BCUT2D eigenvalue weighted by Crippen LogP contribution is -2.24. The fraction of sp³-hybridized carbons (Fsp3) is 0.300. The van der Waals surface area contributed by atoms with Crippen molar-refractivity contribution in [2.24, 2.45) is 5.92 Å². The molecule has 0 heterocycles. The van der Waals surface area contributed by atoms with E-state index in [0.29, 0.717) is 11.5 Å². The van der Waals surface area contributed by atoms with Crippen LogP contribution in [0.1, 0.15) is 16.7 Å². The molecule has 0 aliphatic rings. The summed E-state index contributed by atoms with van der Waals surface area (Å²) in [5.41, 5.74) is 3.48. The Morgan fingerprint density at radius 2 is 1.92 bits per heavy atom. The molecule has 0 bridgehead atoms. The maximum Gasteiger partial charge on any atom is 0.242 e. The third-order valence-electron chi connectivity index (χ3n) is 4.03. The molecule has 0 aliphatic carbocycles. The van der Waals surface area contributed by atoms with Crippen molar-refractivity contribution in [2.45, 2.75) is 20.3 Å². The molecule has 1 atom stereocenters. The van der Waals surface area contributed by atoms with Crippen LogP contribution >= 0.6 is 0 Å². The molecule has 0 unspecified atom stereocenters. The van der Waals surface area contributed by atoms with Gasteiger partial charge in [0.05, 0.1) is 20.3 Å². The van der Waals surface area contributed by atoms with Crippen LogP contribution in [-0.4, -0.2) is 20.1 Å². The minimum Gasteiger partial charge on any atom is -0.497 e. The van der Waals surface area contributed by atoms with Crippen LogP contribution in [0.3, 0.4) is 0 Å². The summed E-state index contributed by atoms with van der Waals surface area (Å²) in [6.45, 7) is 3.87. The van der Waals surface area contributed by atoms with E-state index in [4.69, 9.17) is 9.47 Å². The van der Waals surface area contributed by atoms with Gasteiger partial charge in [-0.3, -0.25) is 4.79 Å². The molecule has 5 nitrogen and oxygen atoms in total. The molecule has 2 aromatic carbocycles. The van der Waals surface area contributed by atoms with E-state index >= 15 is 0 Å². The number of ether oxygens (including phenoxy) is 2.